The number of rotatable bonds is 5. The minimum atomic E-state index is -2.94. The van der Waals surface area contributed by atoms with Crippen molar-refractivity contribution in [1.29, 1.82) is 0 Å². The Balaban J connectivity index is 0.00000324. The van der Waals surface area contributed by atoms with E-state index >= 15 is 0 Å². The van der Waals surface area contributed by atoms with Gasteiger partial charge >= 0.3 is 11.9 Å². The molecule has 0 aliphatic carbocycles. The number of carbonyl (C=O) groups excluding carboxylic acids is 1. The third-order valence-electron chi connectivity index (χ3n) is 2.56. The molecule has 0 aliphatic rings. The first kappa shape index (κ1) is 17.9. The van der Waals surface area contributed by atoms with Gasteiger partial charge in [-0.15, -0.1) is 0 Å². The third-order valence-corrected chi connectivity index (χ3v) is 4.98. The molecule has 3 radical (unpaired) electrons. The molecule has 5 nitrogen and oxygen atoms in total. The van der Waals surface area contributed by atoms with E-state index in [0.29, 0.717) is 0 Å². The lowest BCUT2D eigenvalue weighted by molar-refractivity contribution is 0.0697. The Morgan fingerprint density at radius 2 is 1.74 bits per heavy atom. The highest BCUT2D eigenvalue weighted by molar-refractivity contribution is 7.59. The SMILES string of the molecule is CCP(=O)(CC)OC(=O)c1cccc(C(=O)O)c1.[Al]. The van der Waals surface area contributed by atoms with E-state index < -0.39 is 19.3 Å². The van der Waals surface area contributed by atoms with E-state index in [0.717, 1.165) is 0 Å². The lowest BCUT2D eigenvalue weighted by Gasteiger charge is -2.14. The summed E-state index contributed by atoms with van der Waals surface area (Å²) in [4.78, 5) is 22.5. The summed E-state index contributed by atoms with van der Waals surface area (Å²) < 4.78 is 17.0. The molecular formula is C12H15AlO5P. The van der Waals surface area contributed by atoms with Crippen LogP contribution in [0.1, 0.15) is 34.6 Å². The van der Waals surface area contributed by atoms with Gasteiger partial charge in [-0.25, -0.2) is 9.59 Å². The number of hydrogen-bond acceptors (Lipinski definition) is 4. The molecule has 0 aromatic heterocycles. The number of hydrogen-bond donors (Lipinski definition) is 1. The number of carbonyl (C=O) groups is 2. The summed E-state index contributed by atoms with van der Waals surface area (Å²) >= 11 is 0. The van der Waals surface area contributed by atoms with E-state index in [2.05, 4.69) is 0 Å². The first-order valence-electron chi connectivity index (χ1n) is 5.57. The Kier molecular flexibility index (Phi) is 7.07. The predicted molar refractivity (Wildman–Crippen MR) is 73.3 cm³/mol. The second kappa shape index (κ2) is 7.50. The van der Waals surface area contributed by atoms with Gasteiger partial charge in [0, 0.05) is 29.7 Å². The fraction of sp³-hybridized carbons (Fsp3) is 0.333. The fourth-order valence-electron chi connectivity index (χ4n) is 1.34. The molecule has 0 amide bonds. The highest BCUT2D eigenvalue weighted by Crippen LogP contribution is 2.46. The molecule has 0 fully saturated rings. The van der Waals surface area contributed by atoms with Gasteiger partial charge in [0.15, 0.2) is 0 Å². The van der Waals surface area contributed by atoms with Crippen molar-refractivity contribution in [2.75, 3.05) is 12.3 Å². The van der Waals surface area contributed by atoms with Gasteiger partial charge < -0.3 is 9.63 Å². The first-order chi connectivity index (χ1) is 8.41. The fourth-order valence-corrected chi connectivity index (χ4v) is 2.45. The molecule has 0 saturated heterocycles. The first-order valence-corrected chi connectivity index (χ1v) is 7.56. The van der Waals surface area contributed by atoms with Crippen LogP contribution >= 0.6 is 7.37 Å². The highest BCUT2D eigenvalue weighted by atomic mass is 31.2. The van der Waals surface area contributed by atoms with E-state index in [1.165, 1.54) is 24.3 Å². The number of aromatic carboxylic acids is 1. The summed E-state index contributed by atoms with van der Waals surface area (Å²) in [5.74, 6) is -1.87. The summed E-state index contributed by atoms with van der Waals surface area (Å²) in [5.41, 5.74) is 0.0873. The predicted octanol–water partition coefficient (Wildman–Crippen LogP) is 2.48. The molecule has 0 spiro atoms. The molecule has 0 unspecified atom stereocenters. The van der Waals surface area contributed by atoms with Gasteiger partial charge in [-0.3, -0.25) is 4.57 Å². The third kappa shape index (κ3) is 4.83. The molecular weight excluding hydrogens is 282 g/mol. The van der Waals surface area contributed by atoms with Crippen LogP contribution in [-0.2, 0) is 9.09 Å². The second-order valence-electron chi connectivity index (χ2n) is 3.71. The van der Waals surface area contributed by atoms with Crippen molar-refractivity contribution in [2.45, 2.75) is 13.8 Å². The standard InChI is InChI=1S/C12H15O5P.Al/c1-3-18(16,4-2)17-12(15)10-7-5-6-9(8-10)11(13)14;/h5-8H,3-4H2,1-2H3,(H,13,14);. The van der Waals surface area contributed by atoms with Crippen molar-refractivity contribution in [2.24, 2.45) is 0 Å². The quantitative estimate of drug-likeness (QED) is 0.667. The molecule has 1 rings (SSSR count). The van der Waals surface area contributed by atoms with Crippen LogP contribution in [0.15, 0.2) is 24.3 Å². The van der Waals surface area contributed by atoms with E-state index in [-0.39, 0.29) is 40.8 Å². The normalized spacial score (nSPS) is 10.4. The van der Waals surface area contributed by atoms with Crippen LogP contribution in [0, 0.1) is 0 Å². The van der Waals surface area contributed by atoms with Crippen LogP contribution in [0.5, 0.6) is 0 Å². The molecule has 101 valence electrons. The van der Waals surface area contributed by atoms with Gasteiger partial charge in [0.05, 0.1) is 11.1 Å². The molecule has 1 aromatic carbocycles. The molecule has 19 heavy (non-hydrogen) atoms. The average molecular weight is 297 g/mol. The number of carboxylic acids is 1. The molecule has 1 aromatic rings. The van der Waals surface area contributed by atoms with Crippen LogP contribution in [0.25, 0.3) is 0 Å². The maximum Gasteiger partial charge on any atom is 0.343 e. The van der Waals surface area contributed by atoms with Crippen molar-refractivity contribution in [1.82, 2.24) is 0 Å². The summed E-state index contributed by atoms with van der Waals surface area (Å²) in [7, 11) is -2.94. The molecule has 7 heteroatoms. The summed E-state index contributed by atoms with van der Waals surface area (Å²) in [6, 6.07) is 5.46. The lowest BCUT2D eigenvalue weighted by Crippen LogP contribution is -2.07. The van der Waals surface area contributed by atoms with Gasteiger partial charge in [0.1, 0.15) is 0 Å². The maximum absolute atomic E-state index is 12.0. The van der Waals surface area contributed by atoms with Gasteiger partial charge in [-0.1, -0.05) is 19.9 Å². The van der Waals surface area contributed by atoms with Crippen molar-refractivity contribution >= 4 is 36.7 Å². The van der Waals surface area contributed by atoms with Gasteiger partial charge in [-0.05, 0) is 18.2 Å². The summed E-state index contributed by atoms with van der Waals surface area (Å²) in [6.07, 6.45) is 0.543. The second-order valence-corrected chi connectivity index (χ2v) is 6.79. The maximum atomic E-state index is 12.0. The van der Waals surface area contributed by atoms with Gasteiger partial charge in [0.2, 0.25) is 0 Å². The number of carboxylic acid groups (broad SMARTS) is 1. The average Bonchev–Trinajstić information content (AvgIpc) is 2.38. The zero-order valence-electron chi connectivity index (χ0n) is 10.8. The molecule has 1 N–H and O–H groups in total. The largest absolute Gasteiger partial charge is 0.478 e. The van der Waals surface area contributed by atoms with E-state index in [1.54, 1.807) is 13.8 Å². The van der Waals surface area contributed by atoms with Crippen molar-refractivity contribution in [3.8, 4) is 0 Å². The Labute approximate surface area is 122 Å². The zero-order chi connectivity index (χ0) is 13.8. The van der Waals surface area contributed by atoms with E-state index in [4.69, 9.17) is 9.63 Å². The Bertz CT molecular complexity index is 507. The van der Waals surface area contributed by atoms with Crippen molar-refractivity contribution in [3.05, 3.63) is 35.4 Å². The van der Waals surface area contributed by atoms with Crippen LogP contribution in [0.3, 0.4) is 0 Å². The summed E-state index contributed by atoms with van der Waals surface area (Å²) in [5, 5.41) is 8.81. The molecule has 0 heterocycles. The molecule has 0 saturated carbocycles. The highest BCUT2D eigenvalue weighted by Gasteiger charge is 2.23. The zero-order valence-corrected chi connectivity index (χ0v) is 12.9. The summed E-state index contributed by atoms with van der Waals surface area (Å²) in [6.45, 7) is 3.37. The molecule has 0 atom stereocenters. The minimum Gasteiger partial charge on any atom is -0.478 e. The van der Waals surface area contributed by atoms with Gasteiger partial charge in [0.25, 0.3) is 7.37 Å². The molecule has 0 bridgehead atoms. The van der Waals surface area contributed by atoms with E-state index in [1.807, 2.05) is 0 Å². The van der Waals surface area contributed by atoms with Crippen LogP contribution in [0.2, 0.25) is 0 Å². The van der Waals surface area contributed by atoms with E-state index in [9.17, 15) is 14.2 Å². The Hall–Kier alpha value is -1.08. The van der Waals surface area contributed by atoms with Crippen molar-refractivity contribution in [3.63, 3.8) is 0 Å². The van der Waals surface area contributed by atoms with Gasteiger partial charge in [-0.2, -0.15) is 0 Å². The number of benzene rings is 1. The Morgan fingerprint density at radius 3 is 2.21 bits per heavy atom. The smallest absolute Gasteiger partial charge is 0.343 e. The lowest BCUT2D eigenvalue weighted by atomic mass is 10.1. The Morgan fingerprint density at radius 1 is 1.21 bits per heavy atom. The minimum absolute atomic E-state index is 0. The van der Waals surface area contributed by atoms with Crippen molar-refractivity contribution < 1.29 is 23.8 Å². The topological polar surface area (TPSA) is 80.7 Å². The van der Waals surface area contributed by atoms with Crippen LogP contribution in [-0.4, -0.2) is 46.7 Å². The monoisotopic (exact) mass is 297 g/mol. The van der Waals surface area contributed by atoms with Crippen LogP contribution in [0.4, 0.5) is 0 Å². The molecule has 0 aliphatic heterocycles. The van der Waals surface area contributed by atoms with Crippen LogP contribution < -0.4 is 0 Å².